The number of Topliss-reactive ketones (excluding diaryl/α,β-unsaturated/α-hetero) is 1. The summed E-state index contributed by atoms with van der Waals surface area (Å²) in [7, 11) is 0. The van der Waals surface area contributed by atoms with Crippen LogP contribution in [0.3, 0.4) is 0 Å². The first-order valence-corrected chi connectivity index (χ1v) is 13.9. The summed E-state index contributed by atoms with van der Waals surface area (Å²) in [5.41, 5.74) is -2.26. The summed E-state index contributed by atoms with van der Waals surface area (Å²) in [6, 6.07) is 5.60. The number of carbonyl (C=O) groups excluding carboxylic acids is 2. The SMILES string of the molecule is CC1(C)CC(C(CC(=O)c2ccccc2Br)NC(=O)c2cnn(C3CCC(C)(C(=O)O)CC3)c2C(F)(F)F)C1. The van der Waals surface area contributed by atoms with Gasteiger partial charge in [-0.1, -0.05) is 48.0 Å². The fourth-order valence-corrected chi connectivity index (χ4v) is 6.51. The third-order valence-corrected chi connectivity index (χ3v) is 9.02. The fourth-order valence-electron chi connectivity index (χ4n) is 6.01. The largest absolute Gasteiger partial charge is 0.481 e. The van der Waals surface area contributed by atoms with Crippen molar-refractivity contribution in [1.82, 2.24) is 15.1 Å². The lowest BCUT2D eigenvalue weighted by molar-refractivity contribution is -0.152. The summed E-state index contributed by atoms with van der Waals surface area (Å²) < 4.78 is 44.3. The van der Waals surface area contributed by atoms with Crippen molar-refractivity contribution < 1.29 is 32.7 Å². The maximum absolute atomic E-state index is 14.3. The molecule has 0 saturated heterocycles. The molecule has 0 spiro atoms. The summed E-state index contributed by atoms with van der Waals surface area (Å²) in [5.74, 6) is -2.16. The lowest BCUT2D eigenvalue weighted by atomic mass is 9.61. The summed E-state index contributed by atoms with van der Waals surface area (Å²) in [6.07, 6.45) is -1.67. The van der Waals surface area contributed by atoms with Crippen molar-refractivity contribution in [3.63, 3.8) is 0 Å². The minimum absolute atomic E-state index is 0.0253. The standard InChI is InChI=1S/C28H33BrF3N3O4/c1-26(2)13-16(14-26)21(12-22(36)18-6-4-5-7-20(18)29)34-24(37)19-15-33-35(23(19)28(30,31)32)17-8-10-27(3,11-9-17)25(38)39/h4-7,15-17,21H,8-14H2,1-3H3,(H,34,37)(H,38,39). The van der Waals surface area contributed by atoms with Crippen LogP contribution in [0.25, 0.3) is 0 Å². The Bertz CT molecular complexity index is 1260. The van der Waals surface area contributed by atoms with E-state index in [1.54, 1.807) is 31.2 Å². The van der Waals surface area contributed by atoms with Crippen molar-refractivity contribution in [2.45, 2.75) is 84.0 Å². The number of halogens is 4. The van der Waals surface area contributed by atoms with Crippen molar-refractivity contribution in [2.24, 2.45) is 16.7 Å². The molecule has 7 nitrogen and oxygen atoms in total. The average Bonchev–Trinajstić information content (AvgIpc) is 3.29. The number of rotatable bonds is 8. The molecule has 0 radical (unpaired) electrons. The molecule has 1 amide bonds. The van der Waals surface area contributed by atoms with Crippen LogP contribution in [0.2, 0.25) is 0 Å². The molecule has 1 unspecified atom stereocenters. The molecule has 212 valence electrons. The Morgan fingerprint density at radius 3 is 2.28 bits per heavy atom. The number of carboxylic acids is 1. The second-order valence-electron chi connectivity index (χ2n) is 12.0. The van der Waals surface area contributed by atoms with E-state index < -0.39 is 46.8 Å². The third kappa shape index (κ3) is 6.23. The van der Waals surface area contributed by atoms with Gasteiger partial charge in [0, 0.05) is 22.5 Å². The van der Waals surface area contributed by atoms with Crippen molar-refractivity contribution in [3.8, 4) is 0 Å². The summed E-state index contributed by atoms with van der Waals surface area (Å²) in [5, 5.41) is 16.2. The van der Waals surface area contributed by atoms with Crippen LogP contribution in [-0.4, -0.2) is 38.6 Å². The van der Waals surface area contributed by atoms with Gasteiger partial charge in [0.25, 0.3) is 5.91 Å². The number of nitrogens with zero attached hydrogens (tertiary/aromatic N) is 2. The molecule has 2 aliphatic carbocycles. The van der Waals surface area contributed by atoms with Crippen LogP contribution in [0.4, 0.5) is 13.2 Å². The van der Waals surface area contributed by atoms with Gasteiger partial charge in [-0.2, -0.15) is 18.3 Å². The Balaban J connectivity index is 1.58. The molecule has 1 aromatic heterocycles. The van der Waals surface area contributed by atoms with Gasteiger partial charge in [0.2, 0.25) is 0 Å². The molecular formula is C28H33BrF3N3O4. The quantitative estimate of drug-likeness (QED) is 0.324. The van der Waals surface area contributed by atoms with Crippen molar-refractivity contribution in [2.75, 3.05) is 0 Å². The molecule has 4 rings (SSSR count). The number of aromatic nitrogens is 2. The van der Waals surface area contributed by atoms with Gasteiger partial charge >= 0.3 is 12.1 Å². The van der Waals surface area contributed by atoms with Crippen molar-refractivity contribution >= 4 is 33.6 Å². The minimum Gasteiger partial charge on any atom is -0.481 e. The Labute approximate surface area is 233 Å². The highest BCUT2D eigenvalue weighted by molar-refractivity contribution is 9.10. The van der Waals surface area contributed by atoms with Gasteiger partial charge in [-0.3, -0.25) is 19.1 Å². The first-order valence-electron chi connectivity index (χ1n) is 13.1. The van der Waals surface area contributed by atoms with Gasteiger partial charge in [-0.05, 0) is 62.8 Å². The van der Waals surface area contributed by atoms with E-state index in [4.69, 9.17) is 0 Å². The maximum Gasteiger partial charge on any atom is 0.433 e. The number of hydrogen-bond acceptors (Lipinski definition) is 4. The van der Waals surface area contributed by atoms with E-state index in [-0.39, 0.29) is 49.2 Å². The molecule has 11 heteroatoms. The van der Waals surface area contributed by atoms with Crippen LogP contribution >= 0.6 is 15.9 Å². The van der Waals surface area contributed by atoms with E-state index in [1.807, 2.05) is 0 Å². The van der Waals surface area contributed by atoms with E-state index in [9.17, 15) is 32.7 Å². The highest BCUT2D eigenvalue weighted by Crippen LogP contribution is 2.47. The summed E-state index contributed by atoms with van der Waals surface area (Å²) in [4.78, 5) is 38.0. The van der Waals surface area contributed by atoms with E-state index in [1.165, 1.54) is 0 Å². The van der Waals surface area contributed by atoms with Crippen LogP contribution in [0, 0.1) is 16.7 Å². The number of carbonyl (C=O) groups is 3. The Kier molecular flexibility index (Phi) is 8.04. The van der Waals surface area contributed by atoms with Gasteiger partial charge in [-0.15, -0.1) is 0 Å². The van der Waals surface area contributed by atoms with Crippen molar-refractivity contribution in [1.29, 1.82) is 0 Å². The summed E-state index contributed by atoms with van der Waals surface area (Å²) >= 11 is 3.37. The molecule has 2 fully saturated rings. The Hall–Kier alpha value is -2.69. The van der Waals surface area contributed by atoms with Gasteiger partial charge in [0.1, 0.15) is 0 Å². The molecule has 0 bridgehead atoms. The highest BCUT2D eigenvalue weighted by atomic mass is 79.9. The number of alkyl halides is 3. The predicted octanol–water partition coefficient (Wildman–Crippen LogP) is 6.68. The number of amides is 1. The molecule has 39 heavy (non-hydrogen) atoms. The molecule has 2 aromatic rings. The van der Waals surface area contributed by atoms with E-state index >= 15 is 0 Å². The zero-order valence-corrected chi connectivity index (χ0v) is 23.7. The second-order valence-corrected chi connectivity index (χ2v) is 12.8. The average molecular weight is 612 g/mol. The zero-order chi connectivity index (χ0) is 28.8. The number of benzene rings is 1. The van der Waals surface area contributed by atoms with Crippen LogP contribution in [0.1, 0.15) is 98.2 Å². The van der Waals surface area contributed by atoms with Gasteiger partial charge in [-0.25, -0.2) is 0 Å². The molecule has 0 aliphatic heterocycles. The number of aliphatic carboxylic acids is 1. The molecule has 1 atom stereocenters. The Morgan fingerprint density at radius 1 is 1.13 bits per heavy atom. The van der Waals surface area contributed by atoms with Crippen LogP contribution in [0.15, 0.2) is 34.9 Å². The first kappa shape index (κ1) is 29.3. The molecule has 1 heterocycles. The monoisotopic (exact) mass is 611 g/mol. The second kappa shape index (κ2) is 10.7. The third-order valence-electron chi connectivity index (χ3n) is 8.32. The van der Waals surface area contributed by atoms with Crippen LogP contribution < -0.4 is 5.32 Å². The maximum atomic E-state index is 14.3. The fraction of sp³-hybridized carbons (Fsp3) is 0.571. The number of carboxylic acid groups (broad SMARTS) is 1. The topological polar surface area (TPSA) is 101 Å². The van der Waals surface area contributed by atoms with Crippen LogP contribution in [0.5, 0.6) is 0 Å². The number of ketones is 1. The molecular weight excluding hydrogens is 579 g/mol. The number of hydrogen-bond donors (Lipinski definition) is 2. The van der Waals surface area contributed by atoms with Gasteiger partial charge in [0.05, 0.1) is 23.2 Å². The lowest BCUT2D eigenvalue weighted by Gasteiger charge is -2.46. The van der Waals surface area contributed by atoms with Gasteiger partial charge < -0.3 is 10.4 Å². The molecule has 1 aromatic carbocycles. The summed E-state index contributed by atoms with van der Waals surface area (Å²) in [6.45, 7) is 5.74. The number of nitrogens with one attached hydrogen (secondary N) is 1. The van der Waals surface area contributed by atoms with E-state index in [2.05, 4.69) is 40.2 Å². The zero-order valence-electron chi connectivity index (χ0n) is 22.1. The smallest absolute Gasteiger partial charge is 0.433 e. The highest BCUT2D eigenvalue weighted by Gasteiger charge is 2.46. The Morgan fingerprint density at radius 2 is 1.74 bits per heavy atom. The van der Waals surface area contributed by atoms with Crippen LogP contribution in [-0.2, 0) is 11.0 Å². The lowest BCUT2D eigenvalue weighted by Crippen LogP contribution is -2.49. The van der Waals surface area contributed by atoms with Crippen molar-refractivity contribution in [3.05, 3.63) is 51.8 Å². The van der Waals surface area contributed by atoms with Gasteiger partial charge in [0.15, 0.2) is 11.5 Å². The predicted molar refractivity (Wildman–Crippen MR) is 141 cm³/mol. The van der Waals surface area contributed by atoms with E-state index in [0.717, 1.165) is 23.7 Å². The van der Waals surface area contributed by atoms with E-state index in [0.29, 0.717) is 10.0 Å². The molecule has 2 N–H and O–H groups in total. The molecule has 2 aliphatic rings. The first-order chi connectivity index (χ1) is 18.1. The molecule has 2 saturated carbocycles. The minimum atomic E-state index is -4.85. The normalized spacial score (nSPS) is 24.0.